The largest absolute Gasteiger partial charge is 0.461 e. The molecule has 1 spiro atoms. The highest BCUT2D eigenvalue weighted by atomic mass is 16.5. The summed E-state index contributed by atoms with van der Waals surface area (Å²) >= 11 is 0. The van der Waals surface area contributed by atoms with Crippen LogP contribution in [0.25, 0.3) is 0 Å². The van der Waals surface area contributed by atoms with Gasteiger partial charge in [-0.1, -0.05) is 24.6 Å². The Morgan fingerprint density at radius 1 is 1.18 bits per heavy atom. The molecule has 0 atom stereocenters. The smallest absolute Gasteiger partial charge is 0.338 e. The fourth-order valence-electron chi connectivity index (χ4n) is 5.22. The molecule has 8 heteroatoms. The predicted molar refractivity (Wildman–Crippen MR) is 125 cm³/mol. The lowest BCUT2D eigenvalue weighted by atomic mass is 9.76. The van der Waals surface area contributed by atoms with Crippen LogP contribution in [0.15, 0.2) is 24.3 Å². The molecule has 8 nitrogen and oxygen atoms in total. The van der Waals surface area contributed by atoms with Crippen molar-refractivity contribution in [1.29, 1.82) is 0 Å². The number of fused-ring (bicyclic) bond motifs is 1. The summed E-state index contributed by atoms with van der Waals surface area (Å²) in [5.41, 5.74) is 3.81. The normalized spacial score (nSPS) is 20.7. The molecule has 1 amide bonds. The van der Waals surface area contributed by atoms with Gasteiger partial charge in [0.05, 0.1) is 47.7 Å². The number of esters is 1. The molecule has 182 valence electrons. The summed E-state index contributed by atoms with van der Waals surface area (Å²) in [5, 5.41) is 8.03. The van der Waals surface area contributed by atoms with E-state index in [-0.39, 0.29) is 29.3 Å². The predicted octanol–water partition coefficient (Wildman–Crippen LogP) is 2.71. The topological polar surface area (TPSA) is 91.7 Å². The Labute approximate surface area is 199 Å². The van der Waals surface area contributed by atoms with Crippen LogP contribution in [-0.2, 0) is 33.6 Å². The Morgan fingerprint density at radius 3 is 2.56 bits per heavy atom. The van der Waals surface area contributed by atoms with E-state index in [9.17, 15) is 9.59 Å². The van der Waals surface area contributed by atoms with E-state index in [0.717, 1.165) is 41.8 Å². The molecule has 2 saturated heterocycles. The summed E-state index contributed by atoms with van der Waals surface area (Å²) < 4.78 is 18.9. The Hall–Kier alpha value is -2.71. The van der Waals surface area contributed by atoms with Crippen LogP contribution in [0.1, 0.15) is 57.4 Å². The van der Waals surface area contributed by atoms with Crippen molar-refractivity contribution in [3.8, 4) is 0 Å². The van der Waals surface area contributed by atoms with E-state index >= 15 is 0 Å². The molecule has 2 aromatic rings. The van der Waals surface area contributed by atoms with E-state index in [0.29, 0.717) is 51.5 Å². The number of rotatable bonds is 6. The van der Waals surface area contributed by atoms with Crippen molar-refractivity contribution in [2.45, 2.75) is 46.1 Å². The molecule has 3 aliphatic heterocycles. The second-order valence-electron chi connectivity index (χ2n) is 10.2. The lowest BCUT2D eigenvalue weighted by Gasteiger charge is -2.41. The van der Waals surface area contributed by atoms with E-state index in [2.05, 4.69) is 5.32 Å². The van der Waals surface area contributed by atoms with E-state index in [1.54, 1.807) is 12.1 Å². The van der Waals surface area contributed by atoms with E-state index in [1.807, 2.05) is 30.7 Å². The van der Waals surface area contributed by atoms with Crippen LogP contribution in [0, 0.1) is 17.8 Å². The molecule has 1 aromatic heterocycles. The zero-order valence-corrected chi connectivity index (χ0v) is 20.0. The van der Waals surface area contributed by atoms with Crippen molar-refractivity contribution in [2.75, 3.05) is 39.6 Å². The number of amides is 1. The maximum atomic E-state index is 13.1. The third kappa shape index (κ3) is 4.36. The number of hydrogen-bond donors (Lipinski definition) is 1. The van der Waals surface area contributed by atoms with Crippen molar-refractivity contribution in [3.05, 3.63) is 52.3 Å². The summed E-state index contributed by atoms with van der Waals surface area (Å²) in [6.07, 6.45) is 3.31. The number of benzene rings is 1. The van der Waals surface area contributed by atoms with Crippen molar-refractivity contribution in [2.24, 2.45) is 10.8 Å². The van der Waals surface area contributed by atoms with Crippen molar-refractivity contribution >= 4 is 11.9 Å². The monoisotopic (exact) mass is 467 g/mol. The van der Waals surface area contributed by atoms with Gasteiger partial charge in [0.25, 0.3) is 5.91 Å². The first-order valence-corrected chi connectivity index (χ1v) is 12.2. The number of carbonyl (C=O) groups excluding carboxylic acids is 2. The molecule has 34 heavy (non-hydrogen) atoms. The standard InChI is InChI=1S/C26H33N3O5/c1-3-20-22-21(12-25(13-27-23(22)30)8-10-32-11-9-25)29(28-20)14-26(15-33-16-26)17-34-24(31)19-6-4-18(2)5-7-19/h4-7H,3,8-17H2,1-2H3,(H,27,30). The molecule has 1 aromatic carbocycles. The van der Waals surface area contributed by atoms with Gasteiger partial charge in [-0.3, -0.25) is 9.48 Å². The summed E-state index contributed by atoms with van der Waals surface area (Å²) in [6.45, 7) is 7.90. The van der Waals surface area contributed by atoms with Crippen molar-refractivity contribution < 1.29 is 23.8 Å². The van der Waals surface area contributed by atoms with Crippen LogP contribution in [0.2, 0.25) is 0 Å². The number of nitrogens with one attached hydrogen (secondary N) is 1. The van der Waals surface area contributed by atoms with E-state index in [4.69, 9.17) is 19.3 Å². The Morgan fingerprint density at radius 2 is 1.91 bits per heavy atom. The maximum absolute atomic E-state index is 13.1. The first-order chi connectivity index (χ1) is 16.4. The number of ether oxygens (including phenoxy) is 3. The second-order valence-corrected chi connectivity index (χ2v) is 10.2. The molecule has 0 aliphatic carbocycles. The van der Waals surface area contributed by atoms with E-state index < -0.39 is 0 Å². The number of nitrogens with zero attached hydrogens (tertiary/aromatic N) is 2. The van der Waals surface area contributed by atoms with Gasteiger partial charge in [0.2, 0.25) is 0 Å². The fourth-order valence-corrected chi connectivity index (χ4v) is 5.22. The minimum Gasteiger partial charge on any atom is -0.461 e. The molecule has 0 saturated carbocycles. The van der Waals surface area contributed by atoms with Crippen LogP contribution in [0.5, 0.6) is 0 Å². The Bertz CT molecular complexity index is 1060. The van der Waals surface area contributed by atoms with E-state index in [1.165, 1.54) is 0 Å². The molecule has 3 aliphatic rings. The van der Waals surface area contributed by atoms with Gasteiger partial charge in [-0.2, -0.15) is 5.10 Å². The fraction of sp³-hybridized carbons (Fsp3) is 0.577. The third-order valence-corrected chi connectivity index (χ3v) is 7.51. The zero-order valence-electron chi connectivity index (χ0n) is 20.0. The molecule has 1 N–H and O–H groups in total. The number of aromatic nitrogens is 2. The van der Waals surface area contributed by atoms with Crippen LogP contribution in [0.4, 0.5) is 0 Å². The average molecular weight is 468 g/mol. The summed E-state index contributed by atoms with van der Waals surface area (Å²) in [6, 6.07) is 7.38. The molecular formula is C26H33N3O5. The first kappa shape index (κ1) is 23.1. The second kappa shape index (κ2) is 9.15. The molecule has 2 fully saturated rings. The molecular weight excluding hydrogens is 434 g/mol. The van der Waals surface area contributed by atoms with Gasteiger partial charge in [-0.25, -0.2) is 4.79 Å². The molecule has 0 radical (unpaired) electrons. The van der Waals surface area contributed by atoms with Crippen LogP contribution in [0.3, 0.4) is 0 Å². The summed E-state index contributed by atoms with van der Waals surface area (Å²) in [4.78, 5) is 25.7. The highest BCUT2D eigenvalue weighted by Gasteiger charge is 2.44. The Balaban J connectivity index is 1.38. The molecule has 4 heterocycles. The maximum Gasteiger partial charge on any atom is 0.338 e. The minimum absolute atomic E-state index is 0.0108. The number of carbonyl (C=O) groups is 2. The average Bonchev–Trinajstić information content (AvgIpc) is 3.09. The number of aryl methyl sites for hydroxylation is 2. The quantitative estimate of drug-likeness (QED) is 0.657. The van der Waals surface area contributed by atoms with Crippen LogP contribution in [-0.4, -0.2) is 61.2 Å². The minimum atomic E-state index is -0.350. The molecule has 0 bridgehead atoms. The van der Waals surface area contributed by atoms with Gasteiger partial charge >= 0.3 is 5.97 Å². The van der Waals surface area contributed by atoms with Gasteiger partial charge < -0.3 is 19.5 Å². The summed E-state index contributed by atoms with van der Waals surface area (Å²) in [5.74, 6) is -0.369. The molecule has 0 unspecified atom stereocenters. The van der Waals surface area contributed by atoms with Gasteiger partial charge in [0.15, 0.2) is 0 Å². The van der Waals surface area contributed by atoms with Crippen molar-refractivity contribution in [1.82, 2.24) is 15.1 Å². The van der Waals surface area contributed by atoms with Gasteiger partial charge in [-0.15, -0.1) is 0 Å². The lowest BCUT2D eigenvalue weighted by molar-refractivity contribution is -0.148. The highest BCUT2D eigenvalue weighted by molar-refractivity contribution is 5.97. The van der Waals surface area contributed by atoms with Crippen molar-refractivity contribution in [3.63, 3.8) is 0 Å². The van der Waals surface area contributed by atoms with Crippen LogP contribution < -0.4 is 5.32 Å². The van der Waals surface area contributed by atoms with Gasteiger partial charge in [0.1, 0.15) is 6.61 Å². The third-order valence-electron chi connectivity index (χ3n) is 7.51. The zero-order chi connectivity index (χ0) is 23.8. The summed E-state index contributed by atoms with van der Waals surface area (Å²) in [7, 11) is 0. The number of hydrogen-bond acceptors (Lipinski definition) is 6. The van der Waals surface area contributed by atoms with Crippen LogP contribution >= 0.6 is 0 Å². The highest BCUT2D eigenvalue weighted by Crippen LogP contribution is 2.39. The van der Waals surface area contributed by atoms with Gasteiger partial charge in [-0.05, 0) is 50.2 Å². The lowest BCUT2D eigenvalue weighted by Crippen LogP contribution is -2.50. The first-order valence-electron chi connectivity index (χ1n) is 12.2. The molecule has 5 rings (SSSR count). The Kier molecular flexibility index (Phi) is 6.20. The SMILES string of the molecule is CCc1nn(CC2(COC(=O)c3ccc(C)cc3)COC2)c2c1C(=O)NCC1(CCOCC1)C2. The van der Waals surface area contributed by atoms with Gasteiger partial charge in [0, 0.05) is 19.8 Å².